The maximum Gasteiger partial charge on any atom is 0.243 e. The van der Waals surface area contributed by atoms with Crippen LogP contribution in [0, 0.1) is 16.7 Å². The Morgan fingerprint density at radius 1 is 1.44 bits per heavy atom. The third-order valence-electron chi connectivity index (χ3n) is 3.93. The van der Waals surface area contributed by atoms with Crippen LogP contribution in [-0.2, 0) is 4.79 Å². The van der Waals surface area contributed by atoms with Crippen LogP contribution in [-0.4, -0.2) is 35.1 Å². The second kappa shape index (κ2) is 4.42. The fourth-order valence-corrected chi connectivity index (χ4v) is 2.64. The molecule has 1 saturated heterocycles. The average Bonchev–Trinajstić information content (AvgIpc) is 2.28. The predicted molar refractivity (Wildman–Crippen MR) is 58.3 cm³/mol. The average molecular weight is 222 g/mol. The summed E-state index contributed by atoms with van der Waals surface area (Å²) in [4.78, 5) is 14.0. The zero-order valence-electron chi connectivity index (χ0n) is 9.48. The van der Waals surface area contributed by atoms with Crippen LogP contribution in [0.2, 0.25) is 0 Å². The second-order valence-corrected chi connectivity index (χ2v) is 4.88. The SMILES string of the molecule is N#CC1(C(=O)N2CCCCC2CO)CCC1. The Hall–Kier alpha value is -1.08. The fraction of sp³-hybridized carbons (Fsp3) is 0.833. The van der Waals surface area contributed by atoms with E-state index >= 15 is 0 Å². The predicted octanol–water partition coefficient (Wildman–Crippen LogP) is 1.05. The van der Waals surface area contributed by atoms with E-state index in [0.29, 0.717) is 19.4 Å². The van der Waals surface area contributed by atoms with Crippen molar-refractivity contribution in [3.63, 3.8) is 0 Å². The van der Waals surface area contributed by atoms with E-state index in [2.05, 4.69) is 6.07 Å². The van der Waals surface area contributed by atoms with Gasteiger partial charge in [0.1, 0.15) is 5.41 Å². The first-order valence-corrected chi connectivity index (χ1v) is 6.07. The second-order valence-electron chi connectivity index (χ2n) is 4.88. The number of nitriles is 1. The number of piperidine rings is 1. The molecule has 16 heavy (non-hydrogen) atoms. The summed E-state index contributed by atoms with van der Waals surface area (Å²) in [6, 6.07) is 2.12. The van der Waals surface area contributed by atoms with Gasteiger partial charge in [0.2, 0.25) is 5.91 Å². The van der Waals surface area contributed by atoms with Crippen LogP contribution in [0.5, 0.6) is 0 Å². The van der Waals surface area contributed by atoms with E-state index in [9.17, 15) is 9.90 Å². The Morgan fingerprint density at radius 2 is 2.19 bits per heavy atom. The van der Waals surface area contributed by atoms with Gasteiger partial charge in [-0.3, -0.25) is 4.79 Å². The van der Waals surface area contributed by atoms with E-state index in [-0.39, 0.29) is 18.6 Å². The number of rotatable bonds is 2. The largest absolute Gasteiger partial charge is 0.394 e. The molecule has 0 spiro atoms. The summed E-state index contributed by atoms with van der Waals surface area (Å²) in [5.74, 6) is -0.0417. The molecule has 4 heteroatoms. The molecule has 2 rings (SSSR count). The molecule has 0 radical (unpaired) electrons. The smallest absolute Gasteiger partial charge is 0.243 e. The van der Waals surface area contributed by atoms with E-state index < -0.39 is 5.41 Å². The lowest BCUT2D eigenvalue weighted by Gasteiger charge is -2.42. The van der Waals surface area contributed by atoms with Crippen molar-refractivity contribution in [2.75, 3.05) is 13.2 Å². The first-order valence-electron chi connectivity index (χ1n) is 6.07. The van der Waals surface area contributed by atoms with Crippen molar-refractivity contribution >= 4 is 5.91 Å². The summed E-state index contributed by atoms with van der Waals surface area (Å²) < 4.78 is 0. The van der Waals surface area contributed by atoms with Crippen LogP contribution in [0.3, 0.4) is 0 Å². The van der Waals surface area contributed by atoms with E-state index in [1.54, 1.807) is 4.90 Å². The molecule has 1 saturated carbocycles. The number of hydrogen-bond donors (Lipinski definition) is 1. The third-order valence-corrected chi connectivity index (χ3v) is 3.93. The molecule has 2 fully saturated rings. The van der Waals surface area contributed by atoms with Crippen molar-refractivity contribution in [3.8, 4) is 6.07 Å². The Labute approximate surface area is 95.9 Å². The van der Waals surface area contributed by atoms with Crippen molar-refractivity contribution in [1.29, 1.82) is 5.26 Å². The number of carbonyl (C=O) groups is 1. The lowest BCUT2D eigenvalue weighted by atomic mass is 9.68. The monoisotopic (exact) mass is 222 g/mol. The van der Waals surface area contributed by atoms with Crippen LogP contribution in [0.15, 0.2) is 0 Å². The van der Waals surface area contributed by atoms with Crippen LogP contribution < -0.4 is 0 Å². The van der Waals surface area contributed by atoms with Gasteiger partial charge in [0.05, 0.1) is 18.7 Å². The van der Waals surface area contributed by atoms with Crippen molar-refractivity contribution in [2.45, 2.75) is 44.6 Å². The molecule has 0 aromatic carbocycles. The van der Waals surface area contributed by atoms with Crippen LogP contribution in [0.1, 0.15) is 38.5 Å². The quantitative estimate of drug-likeness (QED) is 0.759. The highest BCUT2D eigenvalue weighted by atomic mass is 16.3. The zero-order chi connectivity index (χ0) is 11.6. The van der Waals surface area contributed by atoms with Gasteiger partial charge in [0.15, 0.2) is 0 Å². The van der Waals surface area contributed by atoms with E-state index in [1.807, 2.05) is 0 Å². The Kier molecular flexibility index (Phi) is 3.15. The van der Waals surface area contributed by atoms with Gasteiger partial charge in [-0.2, -0.15) is 5.26 Å². The number of amides is 1. The maximum atomic E-state index is 12.3. The van der Waals surface area contributed by atoms with Gasteiger partial charge in [-0.25, -0.2) is 0 Å². The molecule has 4 nitrogen and oxygen atoms in total. The van der Waals surface area contributed by atoms with Gasteiger partial charge >= 0.3 is 0 Å². The minimum absolute atomic E-state index is 0.0211. The molecular weight excluding hydrogens is 204 g/mol. The molecule has 0 bridgehead atoms. The molecule has 0 aromatic rings. The van der Waals surface area contributed by atoms with Crippen LogP contribution in [0.4, 0.5) is 0 Å². The Balaban J connectivity index is 2.10. The summed E-state index contributed by atoms with van der Waals surface area (Å²) in [7, 11) is 0. The van der Waals surface area contributed by atoms with Gasteiger partial charge in [0, 0.05) is 6.54 Å². The number of hydrogen-bond acceptors (Lipinski definition) is 3. The number of carbonyl (C=O) groups excluding carboxylic acids is 1. The van der Waals surface area contributed by atoms with Gasteiger partial charge in [-0.05, 0) is 38.5 Å². The zero-order valence-corrected chi connectivity index (χ0v) is 9.48. The summed E-state index contributed by atoms with van der Waals surface area (Å²) in [6.07, 6.45) is 5.27. The summed E-state index contributed by atoms with van der Waals surface area (Å²) >= 11 is 0. The number of aliphatic hydroxyl groups excluding tert-OH is 1. The molecule has 1 N–H and O–H groups in total. The van der Waals surface area contributed by atoms with Crippen molar-refractivity contribution in [2.24, 2.45) is 5.41 Å². The Bertz CT molecular complexity index is 317. The highest BCUT2D eigenvalue weighted by Crippen LogP contribution is 2.42. The lowest BCUT2D eigenvalue weighted by molar-refractivity contribution is -0.147. The summed E-state index contributed by atoms with van der Waals surface area (Å²) in [5, 5.41) is 18.4. The fourth-order valence-electron chi connectivity index (χ4n) is 2.64. The van der Waals surface area contributed by atoms with Crippen molar-refractivity contribution < 1.29 is 9.90 Å². The minimum atomic E-state index is -0.759. The molecular formula is C12H18N2O2. The number of likely N-dealkylation sites (tertiary alicyclic amines) is 1. The highest BCUT2D eigenvalue weighted by molar-refractivity contribution is 5.86. The number of nitrogens with zero attached hydrogens (tertiary/aromatic N) is 2. The van der Waals surface area contributed by atoms with Crippen molar-refractivity contribution in [3.05, 3.63) is 0 Å². The molecule has 1 heterocycles. The molecule has 1 aliphatic heterocycles. The molecule has 88 valence electrons. The van der Waals surface area contributed by atoms with Gasteiger partial charge in [0.25, 0.3) is 0 Å². The normalized spacial score (nSPS) is 28.0. The minimum Gasteiger partial charge on any atom is -0.394 e. The topological polar surface area (TPSA) is 64.3 Å². The molecule has 0 aromatic heterocycles. The molecule has 1 amide bonds. The van der Waals surface area contributed by atoms with Crippen LogP contribution >= 0.6 is 0 Å². The molecule has 1 aliphatic carbocycles. The summed E-state index contributed by atoms with van der Waals surface area (Å²) in [5.41, 5.74) is -0.759. The maximum absolute atomic E-state index is 12.3. The molecule has 1 unspecified atom stereocenters. The first-order chi connectivity index (χ1) is 7.73. The van der Waals surface area contributed by atoms with Crippen LogP contribution in [0.25, 0.3) is 0 Å². The highest BCUT2D eigenvalue weighted by Gasteiger charge is 2.48. The van der Waals surface area contributed by atoms with E-state index in [1.165, 1.54) is 0 Å². The Morgan fingerprint density at radius 3 is 2.69 bits per heavy atom. The van der Waals surface area contributed by atoms with Crippen molar-refractivity contribution in [1.82, 2.24) is 4.90 Å². The van der Waals surface area contributed by atoms with E-state index in [4.69, 9.17) is 5.26 Å². The van der Waals surface area contributed by atoms with E-state index in [0.717, 1.165) is 25.7 Å². The summed E-state index contributed by atoms with van der Waals surface area (Å²) in [6.45, 7) is 0.723. The van der Waals surface area contributed by atoms with Gasteiger partial charge in [-0.1, -0.05) is 0 Å². The lowest BCUT2D eigenvalue weighted by Crippen LogP contribution is -2.53. The third kappa shape index (κ3) is 1.69. The molecule has 2 aliphatic rings. The first kappa shape index (κ1) is 11.4. The number of aliphatic hydroxyl groups is 1. The standard InChI is InChI=1S/C12H18N2O2/c13-9-12(5-3-6-12)11(16)14-7-2-1-4-10(14)8-15/h10,15H,1-8H2. The van der Waals surface area contributed by atoms with Gasteiger partial charge in [-0.15, -0.1) is 0 Å². The molecule has 1 atom stereocenters. The van der Waals surface area contributed by atoms with Gasteiger partial charge < -0.3 is 10.0 Å².